The Balaban J connectivity index is 1.63. The maximum Gasteiger partial charge on any atom is 0.277 e. The van der Waals surface area contributed by atoms with Crippen LogP contribution < -0.4 is 0 Å². The zero-order chi connectivity index (χ0) is 15.4. The largest absolute Gasteiger partial charge is 0.411 e. The molecule has 1 heterocycles. The minimum absolute atomic E-state index is 0.561. The van der Waals surface area contributed by atoms with Gasteiger partial charge in [0.15, 0.2) is 0 Å². The summed E-state index contributed by atoms with van der Waals surface area (Å²) in [7, 11) is 0. The van der Waals surface area contributed by atoms with Crippen LogP contribution in [0, 0.1) is 0 Å². The molecule has 22 heavy (non-hydrogen) atoms. The molecule has 112 valence electrons. The molecule has 0 spiro atoms. The van der Waals surface area contributed by atoms with E-state index >= 15 is 0 Å². The minimum Gasteiger partial charge on any atom is -0.411 e. The van der Waals surface area contributed by atoms with Gasteiger partial charge in [-0.3, -0.25) is 0 Å². The molecule has 0 unspecified atom stereocenters. The highest BCUT2D eigenvalue weighted by Crippen LogP contribution is 2.26. The van der Waals surface area contributed by atoms with Gasteiger partial charge in [0, 0.05) is 11.3 Å². The molecule has 0 N–H and O–H groups in total. The summed E-state index contributed by atoms with van der Waals surface area (Å²) in [6.45, 7) is 4.40. The first-order chi connectivity index (χ1) is 10.7. The predicted molar refractivity (Wildman–Crippen MR) is 89.8 cm³/mol. The Kier molecular flexibility index (Phi) is 4.59. The Morgan fingerprint density at radius 3 is 2.36 bits per heavy atom. The zero-order valence-corrected chi connectivity index (χ0v) is 13.5. The molecule has 0 aliphatic rings. The zero-order valence-electron chi connectivity index (χ0n) is 12.7. The van der Waals surface area contributed by atoms with Crippen molar-refractivity contribution >= 4 is 11.8 Å². The molecule has 3 rings (SSSR count). The van der Waals surface area contributed by atoms with Crippen LogP contribution in [0.1, 0.15) is 30.9 Å². The summed E-state index contributed by atoms with van der Waals surface area (Å²) < 4.78 is 5.69. The van der Waals surface area contributed by atoms with Crippen LogP contribution in [0.15, 0.2) is 64.2 Å². The second-order valence-corrected chi connectivity index (χ2v) is 6.35. The van der Waals surface area contributed by atoms with E-state index in [1.54, 1.807) is 11.8 Å². The number of nitrogens with zero attached hydrogens (tertiary/aromatic N) is 2. The molecule has 0 amide bonds. The normalized spacial score (nSPS) is 11.0. The molecule has 0 fully saturated rings. The highest BCUT2D eigenvalue weighted by molar-refractivity contribution is 7.98. The Morgan fingerprint density at radius 2 is 1.68 bits per heavy atom. The Hall–Kier alpha value is -2.07. The van der Waals surface area contributed by atoms with Gasteiger partial charge in [0.25, 0.3) is 5.22 Å². The minimum atomic E-state index is 0.561. The van der Waals surface area contributed by atoms with E-state index in [1.165, 1.54) is 11.1 Å². The SMILES string of the molecule is CC(C)c1ccc(CSc2nnc(-c3ccccc3)o2)cc1. The third-order valence-electron chi connectivity index (χ3n) is 3.44. The Labute approximate surface area is 134 Å². The van der Waals surface area contributed by atoms with E-state index in [0.29, 0.717) is 17.0 Å². The van der Waals surface area contributed by atoms with Gasteiger partial charge in [0.2, 0.25) is 5.89 Å². The molecule has 2 aromatic carbocycles. The monoisotopic (exact) mass is 310 g/mol. The fourth-order valence-corrected chi connectivity index (χ4v) is 2.83. The molecule has 1 aromatic heterocycles. The molecule has 0 atom stereocenters. The predicted octanol–water partition coefficient (Wildman–Crippen LogP) is 5.15. The number of hydrogen-bond donors (Lipinski definition) is 0. The molecule has 0 radical (unpaired) electrons. The van der Waals surface area contributed by atoms with Crippen molar-refractivity contribution in [3.63, 3.8) is 0 Å². The van der Waals surface area contributed by atoms with E-state index in [-0.39, 0.29) is 0 Å². The lowest BCUT2D eigenvalue weighted by molar-refractivity contribution is 0.466. The average molecular weight is 310 g/mol. The Bertz CT molecular complexity index is 720. The summed E-state index contributed by atoms with van der Waals surface area (Å²) in [6.07, 6.45) is 0. The molecule has 0 bridgehead atoms. The molecule has 0 aliphatic heterocycles. The molecule has 4 heteroatoms. The van der Waals surface area contributed by atoms with Gasteiger partial charge in [-0.1, -0.05) is 68.1 Å². The van der Waals surface area contributed by atoms with Gasteiger partial charge in [-0.05, 0) is 29.2 Å². The number of hydrogen-bond acceptors (Lipinski definition) is 4. The molecule has 3 aromatic rings. The smallest absolute Gasteiger partial charge is 0.277 e. The second-order valence-electron chi connectivity index (χ2n) is 5.42. The van der Waals surface area contributed by atoms with Gasteiger partial charge in [-0.15, -0.1) is 10.2 Å². The summed E-state index contributed by atoms with van der Waals surface area (Å²) in [5.41, 5.74) is 3.56. The van der Waals surface area contributed by atoms with Crippen LogP contribution >= 0.6 is 11.8 Å². The number of thioether (sulfide) groups is 1. The van der Waals surface area contributed by atoms with Crippen molar-refractivity contribution < 1.29 is 4.42 Å². The molecular weight excluding hydrogens is 292 g/mol. The van der Waals surface area contributed by atoms with Crippen molar-refractivity contribution in [3.8, 4) is 11.5 Å². The van der Waals surface area contributed by atoms with Crippen LogP contribution in [0.2, 0.25) is 0 Å². The fraction of sp³-hybridized carbons (Fsp3) is 0.222. The lowest BCUT2D eigenvalue weighted by atomic mass is 10.0. The van der Waals surface area contributed by atoms with Crippen LogP contribution in [-0.4, -0.2) is 10.2 Å². The van der Waals surface area contributed by atoms with Crippen LogP contribution in [0.4, 0.5) is 0 Å². The summed E-state index contributed by atoms with van der Waals surface area (Å²) >= 11 is 1.56. The quantitative estimate of drug-likeness (QED) is 0.611. The molecular formula is C18H18N2OS. The Morgan fingerprint density at radius 1 is 0.955 bits per heavy atom. The second kappa shape index (κ2) is 6.79. The standard InChI is InChI=1S/C18H18N2OS/c1-13(2)15-10-8-14(9-11-15)12-22-18-20-19-17(21-18)16-6-4-3-5-7-16/h3-11,13H,12H2,1-2H3. The first-order valence-corrected chi connectivity index (χ1v) is 8.31. The number of rotatable bonds is 5. The lowest BCUT2D eigenvalue weighted by Crippen LogP contribution is -1.88. The van der Waals surface area contributed by atoms with Gasteiger partial charge in [-0.25, -0.2) is 0 Å². The summed E-state index contributed by atoms with van der Waals surface area (Å²) in [4.78, 5) is 0. The van der Waals surface area contributed by atoms with E-state index < -0.39 is 0 Å². The van der Waals surface area contributed by atoms with Crippen LogP contribution in [0.3, 0.4) is 0 Å². The van der Waals surface area contributed by atoms with Crippen LogP contribution in [-0.2, 0) is 5.75 Å². The van der Waals surface area contributed by atoms with Gasteiger partial charge in [0.05, 0.1) is 0 Å². The van der Waals surface area contributed by atoms with Crippen molar-refractivity contribution in [2.24, 2.45) is 0 Å². The highest BCUT2D eigenvalue weighted by atomic mass is 32.2. The topological polar surface area (TPSA) is 38.9 Å². The lowest BCUT2D eigenvalue weighted by Gasteiger charge is -2.05. The van der Waals surface area contributed by atoms with E-state index in [9.17, 15) is 0 Å². The molecule has 0 saturated heterocycles. The van der Waals surface area contributed by atoms with Gasteiger partial charge in [0.1, 0.15) is 0 Å². The van der Waals surface area contributed by atoms with E-state index in [1.807, 2.05) is 30.3 Å². The summed E-state index contributed by atoms with van der Waals surface area (Å²) in [6, 6.07) is 18.5. The molecule has 0 saturated carbocycles. The van der Waals surface area contributed by atoms with Gasteiger partial charge >= 0.3 is 0 Å². The summed E-state index contributed by atoms with van der Waals surface area (Å²) in [5.74, 6) is 1.96. The van der Waals surface area contributed by atoms with Crippen molar-refractivity contribution in [1.82, 2.24) is 10.2 Å². The highest BCUT2D eigenvalue weighted by Gasteiger charge is 2.09. The molecule has 3 nitrogen and oxygen atoms in total. The fourth-order valence-electron chi connectivity index (χ4n) is 2.11. The van der Waals surface area contributed by atoms with Crippen LogP contribution in [0.25, 0.3) is 11.5 Å². The number of benzene rings is 2. The first kappa shape index (κ1) is 14.9. The maximum atomic E-state index is 5.69. The van der Waals surface area contributed by atoms with Crippen LogP contribution in [0.5, 0.6) is 0 Å². The third kappa shape index (κ3) is 3.57. The maximum absolute atomic E-state index is 5.69. The number of aromatic nitrogens is 2. The summed E-state index contributed by atoms with van der Waals surface area (Å²) in [5, 5.41) is 8.80. The van der Waals surface area contributed by atoms with Gasteiger partial charge in [-0.2, -0.15) is 0 Å². The van der Waals surface area contributed by atoms with Gasteiger partial charge < -0.3 is 4.42 Å². The average Bonchev–Trinajstić information content (AvgIpc) is 3.03. The first-order valence-electron chi connectivity index (χ1n) is 7.33. The van der Waals surface area contributed by atoms with Crippen molar-refractivity contribution in [3.05, 3.63) is 65.7 Å². The molecule has 0 aliphatic carbocycles. The van der Waals surface area contributed by atoms with Crippen molar-refractivity contribution in [2.45, 2.75) is 30.7 Å². The third-order valence-corrected chi connectivity index (χ3v) is 4.33. The van der Waals surface area contributed by atoms with Crippen molar-refractivity contribution in [2.75, 3.05) is 0 Å². The van der Waals surface area contributed by atoms with E-state index in [4.69, 9.17) is 4.42 Å². The van der Waals surface area contributed by atoms with E-state index in [0.717, 1.165) is 11.3 Å². The van der Waals surface area contributed by atoms with E-state index in [2.05, 4.69) is 48.3 Å². The van der Waals surface area contributed by atoms with Crippen molar-refractivity contribution in [1.29, 1.82) is 0 Å².